The number of unbranched alkanes of at least 4 members (excludes halogenated alkanes) is 33. The van der Waals surface area contributed by atoms with E-state index in [1.807, 2.05) is 6.08 Å². The number of hydrogen-bond acceptors (Lipinski definition) is 13. The van der Waals surface area contributed by atoms with E-state index >= 15 is 0 Å². The summed E-state index contributed by atoms with van der Waals surface area (Å²) in [6, 6.07) is -0.949. The number of ether oxygens (including phenoxy) is 4. The summed E-state index contributed by atoms with van der Waals surface area (Å²) in [6.45, 7) is 2.68. The van der Waals surface area contributed by atoms with Crippen molar-refractivity contribution in [3.05, 3.63) is 85.1 Å². The highest BCUT2D eigenvalue weighted by atomic mass is 16.7. The Bertz CT molecular complexity index is 1800. The van der Waals surface area contributed by atoms with Gasteiger partial charge in [0.25, 0.3) is 0 Å². The van der Waals surface area contributed by atoms with Crippen molar-refractivity contribution >= 4 is 5.91 Å². The van der Waals surface area contributed by atoms with Crippen LogP contribution in [-0.2, 0) is 23.7 Å². The van der Waals surface area contributed by atoms with E-state index in [1.165, 1.54) is 173 Å². The molecule has 1 amide bonds. The second-order valence-electron chi connectivity index (χ2n) is 25.0. The van der Waals surface area contributed by atoms with Crippen LogP contribution in [0.1, 0.15) is 284 Å². The minimum absolute atomic E-state index is 0.247. The summed E-state index contributed by atoms with van der Waals surface area (Å²) in [5, 5.41) is 87.4. The van der Waals surface area contributed by atoms with E-state index < -0.39 is 86.8 Å². The molecule has 2 saturated heterocycles. The Labute approximate surface area is 535 Å². The van der Waals surface area contributed by atoms with E-state index in [0.29, 0.717) is 12.8 Å². The predicted octanol–water partition coefficient (Wildman–Crippen LogP) is 14.8. The van der Waals surface area contributed by atoms with Gasteiger partial charge in [-0.05, 0) is 77.0 Å². The van der Waals surface area contributed by atoms with Crippen LogP contribution in [-0.4, -0.2) is 140 Å². The third kappa shape index (κ3) is 41.6. The maximum Gasteiger partial charge on any atom is 0.220 e. The molecule has 88 heavy (non-hydrogen) atoms. The quantitative estimate of drug-likeness (QED) is 0.0204. The Morgan fingerprint density at radius 1 is 0.420 bits per heavy atom. The van der Waals surface area contributed by atoms with Crippen LogP contribution in [0.3, 0.4) is 0 Å². The minimum Gasteiger partial charge on any atom is -0.394 e. The third-order valence-corrected chi connectivity index (χ3v) is 17.1. The number of carbonyl (C=O) groups is 1. The van der Waals surface area contributed by atoms with E-state index in [2.05, 4.69) is 92.1 Å². The van der Waals surface area contributed by atoms with Crippen LogP contribution in [0.5, 0.6) is 0 Å². The summed E-state index contributed by atoms with van der Waals surface area (Å²) in [4.78, 5) is 13.3. The van der Waals surface area contributed by atoms with E-state index in [1.54, 1.807) is 6.08 Å². The van der Waals surface area contributed by atoms with Crippen molar-refractivity contribution in [1.29, 1.82) is 0 Å². The van der Waals surface area contributed by atoms with Gasteiger partial charge in [0.2, 0.25) is 5.91 Å². The van der Waals surface area contributed by atoms with Crippen LogP contribution >= 0.6 is 0 Å². The van der Waals surface area contributed by atoms with Gasteiger partial charge in [0.1, 0.15) is 48.8 Å². The first-order chi connectivity index (χ1) is 43.1. The fourth-order valence-corrected chi connectivity index (χ4v) is 11.4. The lowest BCUT2D eigenvalue weighted by atomic mass is 9.97. The van der Waals surface area contributed by atoms with Gasteiger partial charge in [0.15, 0.2) is 12.6 Å². The molecule has 510 valence electrons. The lowest BCUT2D eigenvalue weighted by Gasteiger charge is -2.46. The standard InChI is InChI=1S/C74H131NO13/c1-3-5-7-9-11-13-15-17-19-21-23-25-26-27-28-29-30-31-32-33-34-35-36-38-39-41-43-45-47-49-51-53-55-57-63(78)62(61-85-73-71(84)69(82)72(65(60-77)87-73)88-74-70(83)68(81)67(80)64(59-76)86-74)75-66(79)58-56-54-52-50-48-46-44-42-40-37-24-22-20-18-16-14-12-10-8-6-4-2/h6,8,12,14,18,20,24,37,42,44,47,49,55,57,62-65,67-74,76-78,80-84H,3-5,7,9-11,13,15-17,19,21-23,25-36,38-41,43,45-46,48,50-54,56,58-61H2,1-2H3,(H,75,79)/b8-6-,14-12-,20-18-,37-24-,44-42-,49-47+,57-55+. The lowest BCUT2D eigenvalue weighted by molar-refractivity contribution is -0.359. The predicted molar refractivity (Wildman–Crippen MR) is 360 cm³/mol. The van der Waals surface area contributed by atoms with Crippen molar-refractivity contribution in [3.8, 4) is 0 Å². The summed E-state index contributed by atoms with van der Waals surface area (Å²) in [5.41, 5.74) is 0. The van der Waals surface area contributed by atoms with Crippen molar-refractivity contribution in [2.75, 3.05) is 19.8 Å². The van der Waals surface area contributed by atoms with Crippen molar-refractivity contribution < 1.29 is 64.6 Å². The van der Waals surface area contributed by atoms with Crippen molar-refractivity contribution in [2.45, 2.75) is 357 Å². The Balaban J connectivity index is 1.68. The smallest absolute Gasteiger partial charge is 0.220 e. The maximum absolute atomic E-state index is 13.3. The average molecular weight is 1240 g/mol. The summed E-state index contributed by atoms with van der Waals surface area (Å²) in [6.07, 6.45) is 63.7. The number of amides is 1. The molecule has 0 radical (unpaired) electrons. The maximum atomic E-state index is 13.3. The minimum atomic E-state index is -1.80. The zero-order valence-corrected chi connectivity index (χ0v) is 55.4. The third-order valence-electron chi connectivity index (χ3n) is 17.1. The molecule has 2 aliphatic heterocycles. The highest BCUT2D eigenvalue weighted by Gasteiger charge is 2.51. The Morgan fingerprint density at radius 2 is 0.795 bits per heavy atom. The number of nitrogens with one attached hydrogen (secondary N) is 1. The SMILES string of the molecule is CC/C=C\C/C=C\C/C=C\C/C=C\C/C=C\CCCCCCCC(=O)NC(COC1OC(CO)C(OC2OC(CO)C(O)C(O)C2O)C(O)C1O)C(O)/C=C/CC/C=C/CCCCCCCCCCCCCCCCCCCCCCCCCCCCC. The highest BCUT2D eigenvalue weighted by molar-refractivity contribution is 5.76. The molecule has 9 N–H and O–H groups in total. The van der Waals surface area contributed by atoms with Crippen molar-refractivity contribution in [3.63, 3.8) is 0 Å². The van der Waals surface area contributed by atoms with Gasteiger partial charge in [-0.2, -0.15) is 0 Å². The normalized spacial score (nSPS) is 23.7. The number of carbonyl (C=O) groups excluding carboxylic acids is 1. The molecule has 2 aliphatic rings. The average Bonchev–Trinajstić information content (AvgIpc) is 2.01. The van der Waals surface area contributed by atoms with Crippen LogP contribution in [0.2, 0.25) is 0 Å². The number of hydrogen-bond donors (Lipinski definition) is 9. The molecule has 2 rings (SSSR count). The number of aliphatic hydroxyl groups excluding tert-OH is 8. The van der Waals surface area contributed by atoms with E-state index in [-0.39, 0.29) is 18.9 Å². The summed E-state index contributed by atoms with van der Waals surface area (Å²) in [7, 11) is 0. The monoisotopic (exact) mass is 1240 g/mol. The molecule has 12 atom stereocenters. The van der Waals surface area contributed by atoms with Gasteiger partial charge in [-0.15, -0.1) is 0 Å². The first-order valence-electron chi connectivity index (χ1n) is 35.8. The summed E-state index contributed by atoms with van der Waals surface area (Å²) in [5.74, 6) is -0.268. The van der Waals surface area contributed by atoms with Gasteiger partial charge in [-0.1, -0.05) is 285 Å². The van der Waals surface area contributed by atoms with Crippen LogP contribution in [0.25, 0.3) is 0 Å². The van der Waals surface area contributed by atoms with E-state index in [9.17, 15) is 45.6 Å². The van der Waals surface area contributed by atoms with Gasteiger partial charge in [-0.25, -0.2) is 0 Å². The molecule has 2 heterocycles. The van der Waals surface area contributed by atoms with Gasteiger partial charge in [0, 0.05) is 6.42 Å². The van der Waals surface area contributed by atoms with Crippen molar-refractivity contribution in [1.82, 2.24) is 5.32 Å². The summed E-state index contributed by atoms with van der Waals surface area (Å²) >= 11 is 0. The molecule has 0 aromatic heterocycles. The molecule has 0 aromatic rings. The topological polar surface area (TPSA) is 228 Å². The molecule has 0 spiro atoms. The lowest BCUT2D eigenvalue weighted by Crippen LogP contribution is -2.65. The van der Waals surface area contributed by atoms with Crippen LogP contribution in [0.4, 0.5) is 0 Å². The molecule has 14 nitrogen and oxygen atoms in total. The van der Waals surface area contributed by atoms with Gasteiger partial charge < -0.3 is 65.1 Å². The molecule has 0 saturated carbocycles. The number of allylic oxidation sites excluding steroid dienone is 13. The zero-order chi connectivity index (χ0) is 63.8. The molecule has 0 aliphatic carbocycles. The Morgan fingerprint density at radius 3 is 1.25 bits per heavy atom. The van der Waals surface area contributed by atoms with Gasteiger partial charge >= 0.3 is 0 Å². The molecular formula is C74H131NO13. The largest absolute Gasteiger partial charge is 0.394 e. The van der Waals surface area contributed by atoms with Gasteiger partial charge in [-0.3, -0.25) is 4.79 Å². The first kappa shape index (κ1) is 81.3. The van der Waals surface area contributed by atoms with E-state index in [0.717, 1.165) is 77.0 Å². The highest BCUT2D eigenvalue weighted by Crippen LogP contribution is 2.30. The van der Waals surface area contributed by atoms with Gasteiger partial charge in [0.05, 0.1) is 32.0 Å². The number of aliphatic hydroxyl groups is 8. The van der Waals surface area contributed by atoms with Crippen molar-refractivity contribution in [2.24, 2.45) is 0 Å². The fourth-order valence-electron chi connectivity index (χ4n) is 11.4. The molecule has 14 heteroatoms. The first-order valence-corrected chi connectivity index (χ1v) is 35.8. The van der Waals surface area contributed by atoms with Crippen LogP contribution in [0.15, 0.2) is 85.1 Å². The summed E-state index contributed by atoms with van der Waals surface area (Å²) < 4.78 is 22.8. The second-order valence-corrected chi connectivity index (χ2v) is 25.0. The Hall–Kier alpha value is -2.83. The Kier molecular flexibility index (Phi) is 53.6. The fraction of sp³-hybridized carbons (Fsp3) is 0.797. The van der Waals surface area contributed by atoms with Crippen LogP contribution in [0, 0.1) is 0 Å². The second kappa shape index (κ2) is 58.0. The zero-order valence-electron chi connectivity index (χ0n) is 55.4. The van der Waals surface area contributed by atoms with E-state index in [4.69, 9.17) is 18.9 Å². The molecule has 0 bridgehead atoms. The molecule has 2 fully saturated rings. The number of rotatable bonds is 58. The molecule has 12 unspecified atom stereocenters. The molecular weight excluding hydrogens is 1110 g/mol. The van der Waals surface area contributed by atoms with Crippen LogP contribution < -0.4 is 5.32 Å². The molecule has 0 aromatic carbocycles.